The van der Waals surface area contributed by atoms with Crippen molar-refractivity contribution in [2.45, 2.75) is 169 Å². The molecule has 0 radical (unpaired) electrons. The molecule has 3 nitrogen and oxygen atoms in total. The summed E-state index contributed by atoms with van der Waals surface area (Å²) in [5.41, 5.74) is 0. The molecule has 0 N–H and O–H groups in total. The maximum Gasteiger partial charge on any atom is 0.116 e. The summed E-state index contributed by atoms with van der Waals surface area (Å²) in [6, 6.07) is 0. The Morgan fingerprint density at radius 1 is 0.605 bits per heavy atom. The van der Waals surface area contributed by atoms with Gasteiger partial charge in [-0.1, -0.05) is 137 Å². The summed E-state index contributed by atoms with van der Waals surface area (Å²) in [6.45, 7) is 20.7. The minimum Gasteiger partial charge on any atom is -0.378 e. The second-order valence-electron chi connectivity index (χ2n) is 11.5. The highest BCUT2D eigenvalue weighted by Gasteiger charge is 2.15. The van der Waals surface area contributed by atoms with Crippen LogP contribution in [0.1, 0.15) is 169 Å². The molecule has 0 aromatic rings. The molecule has 1 aliphatic rings. The lowest BCUT2D eigenvalue weighted by molar-refractivity contribution is -0.106. The number of carbonyl (C=O) groups is 1. The number of nitrogens with zero attached hydrogens (tertiary/aromatic N) is 2. The van der Waals surface area contributed by atoms with Crippen molar-refractivity contribution < 1.29 is 4.79 Å². The van der Waals surface area contributed by atoms with E-state index in [2.05, 4.69) is 44.1 Å². The quantitative estimate of drug-likeness (QED) is 0.0958. The van der Waals surface area contributed by atoms with Gasteiger partial charge in [0.15, 0.2) is 0 Å². The van der Waals surface area contributed by atoms with E-state index in [1.54, 1.807) is 0 Å². The Morgan fingerprint density at radius 2 is 1.08 bits per heavy atom. The van der Waals surface area contributed by atoms with Crippen LogP contribution >= 0.6 is 0 Å². The second kappa shape index (κ2) is 34.2. The van der Waals surface area contributed by atoms with Crippen molar-refractivity contribution in [1.29, 1.82) is 0 Å². The molecule has 1 fully saturated rings. The Balaban J connectivity index is 0. The van der Waals surface area contributed by atoms with Crippen molar-refractivity contribution in [3.8, 4) is 0 Å². The van der Waals surface area contributed by atoms with Crippen LogP contribution in [0, 0.1) is 5.92 Å². The molecule has 0 unspecified atom stereocenters. The molecule has 228 valence electrons. The third-order valence-electron chi connectivity index (χ3n) is 7.80. The maximum atomic E-state index is 8.81. The molecule has 3 heteroatoms. The average molecular weight is 537 g/mol. The largest absolute Gasteiger partial charge is 0.378 e. The molecule has 0 heterocycles. The van der Waals surface area contributed by atoms with Gasteiger partial charge in [-0.2, -0.15) is 0 Å². The fourth-order valence-electron chi connectivity index (χ4n) is 5.35. The van der Waals surface area contributed by atoms with Crippen LogP contribution in [0.2, 0.25) is 0 Å². The molecule has 0 spiro atoms. The molecule has 0 amide bonds. The first kappa shape index (κ1) is 39.3. The number of hydrogen-bond acceptors (Lipinski definition) is 3. The number of unbranched alkanes of at least 4 members (excludes halogenated alkanes) is 11. The Hall–Kier alpha value is -0.830. The lowest BCUT2D eigenvalue weighted by Gasteiger charge is -2.27. The van der Waals surface area contributed by atoms with Crippen LogP contribution in [0.15, 0.2) is 12.8 Å². The third-order valence-corrected chi connectivity index (χ3v) is 7.80. The summed E-state index contributed by atoms with van der Waals surface area (Å²) in [5, 5.41) is 0. The highest BCUT2D eigenvalue weighted by Crippen LogP contribution is 2.26. The highest BCUT2D eigenvalue weighted by atomic mass is 16.1. The van der Waals surface area contributed by atoms with Crippen LogP contribution < -0.4 is 0 Å². The molecule has 1 saturated carbocycles. The van der Waals surface area contributed by atoms with Gasteiger partial charge in [0, 0.05) is 13.1 Å². The monoisotopic (exact) mass is 537 g/mol. The molecule has 38 heavy (non-hydrogen) atoms. The predicted octanol–water partition coefficient (Wildman–Crippen LogP) is 10.8. The van der Waals surface area contributed by atoms with E-state index >= 15 is 0 Å². The fourth-order valence-corrected chi connectivity index (χ4v) is 5.35. The van der Waals surface area contributed by atoms with Crippen LogP contribution in [0.3, 0.4) is 0 Å². The smallest absolute Gasteiger partial charge is 0.116 e. The van der Waals surface area contributed by atoms with E-state index in [-0.39, 0.29) is 0 Å². The minimum absolute atomic E-state index is 0.750. The van der Waals surface area contributed by atoms with Gasteiger partial charge in [0.2, 0.25) is 0 Å². The summed E-state index contributed by atoms with van der Waals surface area (Å²) in [5.74, 6) is 1.05. The number of carbonyl (C=O) groups excluding carboxylic acids is 1. The SMILES string of the molecule is C=CN(CCC)CCCC.CC=O.CCCCCCCCN(CCCCCCCC)CCC1CCCCC1. The molecular weight excluding hydrogens is 464 g/mol. The van der Waals surface area contributed by atoms with Crippen molar-refractivity contribution in [2.24, 2.45) is 5.92 Å². The first-order valence-electron chi connectivity index (χ1n) is 17.1. The van der Waals surface area contributed by atoms with Crippen LogP contribution in [0.5, 0.6) is 0 Å². The van der Waals surface area contributed by atoms with Gasteiger partial charge in [0.25, 0.3) is 0 Å². The van der Waals surface area contributed by atoms with Crippen LogP contribution in [-0.2, 0) is 4.79 Å². The molecule has 1 rings (SSSR count). The molecule has 0 aliphatic heterocycles. The topological polar surface area (TPSA) is 23.6 Å². The summed E-state index contributed by atoms with van der Waals surface area (Å²) in [4.78, 5) is 13.9. The fraction of sp³-hybridized carbons (Fsp3) is 0.914. The third kappa shape index (κ3) is 29.7. The zero-order valence-electron chi connectivity index (χ0n) is 27.1. The number of aldehydes is 1. The maximum absolute atomic E-state index is 8.81. The molecular formula is C35H72N2O. The summed E-state index contributed by atoms with van der Waals surface area (Å²) in [6.07, 6.45) is 32.7. The van der Waals surface area contributed by atoms with Crippen molar-refractivity contribution >= 4 is 6.29 Å². The van der Waals surface area contributed by atoms with Crippen molar-refractivity contribution in [3.05, 3.63) is 12.8 Å². The molecule has 0 bridgehead atoms. The van der Waals surface area contributed by atoms with E-state index in [9.17, 15) is 0 Å². The first-order chi connectivity index (χ1) is 18.6. The predicted molar refractivity (Wildman–Crippen MR) is 173 cm³/mol. The Morgan fingerprint density at radius 3 is 1.53 bits per heavy atom. The van der Waals surface area contributed by atoms with Gasteiger partial charge in [-0.25, -0.2) is 0 Å². The summed E-state index contributed by atoms with van der Waals surface area (Å²) >= 11 is 0. The Bertz CT molecular complexity index is 431. The molecule has 0 atom stereocenters. The molecule has 0 saturated heterocycles. The standard InChI is InChI=1S/C24H49N.C9H19N.C2H4O/c1-3-5-7-9-11-16-21-25(22-17-12-10-8-6-4-2)23-20-24-18-14-13-15-19-24;1-4-7-9-10(6-3)8-5-2;1-2-3/h24H,3-23H2,1-2H3;6H,3-5,7-9H2,1-2H3;2H,1H3. The zero-order chi connectivity index (χ0) is 28.5. The normalized spacial score (nSPS) is 13.3. The van der Waals surface area contributed by atoms with E-state index < -0.39 is 0 Å². The van der Waals surface area contributed by atoms with Crippen molar-refractivity contribution in [3.63, 3.8) is 0 Å². The second-order valence-corrected chi connectivity index (χ2v) is 11.5. The van der Waals surface area contributed by atoms with Gasteiger partial charge < -0.3 is 14.6 Å². The molecule has 0 aromatic carbocycles. The van der Waals surface area contributed by atoms with Gasteiger partial charge in [0.1, 0.15) is 6.29 Å². The van der Waals surface area contributed by atoms with E-state index in [0.29, 0.717) is 0 Å². The van der Waals surface area contributed by atoms with Gasteiger partial charge in [-0.3, -0.25) is 0 Å². The molecule has 0 aromatic heterocycles. The Labute approximate surface area is 241 Å². The zero-order valence-corrected chi connectivity index (χ0v) is 27.1. The van der Waals surface area contributed by atoms with Gasteiger partial charge in [0.05, 0.1) is 0 Å². The first-order valence-corrected chi connectivity index (χ1v) is 17.1. The molecule has 1 aliphatic carbocycles. The lowest BCUT2D eigenvalue weighted by Crippen LogP contribution is -2.29. The van der Waals surface area contributed by atoms with Crippen LogP contribution in [0.25, 0.3) is 0 Å². The van der Waals surface area contributed by atoms with Gasteiger partial charge in [-0.05, 0) is 70.8 Å². The minimum atomic E-state index is 0.750. The lowest BCUT2D eigenvalue weighted by atomic mass is 9.87. The van der Waals surface area contributed by atoms with Gasteiger partial charge >= 0.3 is 0 Å². The van der Waals surface area contributed by atoms with Crippen LogP contribution in [-0.4, -0.2) is 48.8 Å². The Kier molecular flexibility index (Phi) is 35.4. The van der Waals surface area contributed by atoms with E-state index in [4.69, 9.17) is 4.79 Å². The number of hydrogen-bond donors (Lipinski definition) is 0. The van der Waals surface area contributed by atoms with Crippen molar-refractivity contribution in [1.82, 2.24) is 9.80 Å². The summed E-state index contributed by atoms with van der Waals surface area (Å²) in [7, 11) is 0. The van der Waals surface area contributed by atoms with Crippen molar-refractivity contribution in [2.75, 3.05) is 32.7 Å². The van der Waals surface area contributed by atoms with Gasteiger partial charge in [-0.15, -0.1) is 0 Å². The van der Waals surface area contributed by atoms with E-state index in [1.165, 1.54) is 168 Å². The summed E-state index contributed by atoms with van der Waals surface area (Å²) < 4.78 is 0. The van der Waals surface area contributed by atoms with E-state index in [1.807, 2.05) is 6.20 Å². The van der Waals surface area contributed by atoms with Crippen LogP contribution in [0.4, 0.5) is 0 Å². The number of rotatable bonds is 23. The van der Waals surface area contributed by atoms with E-state index in [0.717, 1.165) is 18.7 Å². The highest BCUT2D eigenvalue weighted by molar-refractivity contribution is 5.44. The average Bonchev–Trinajstić information content (AvgIpc) is 2.94.